The Kier molecular flexibility index (Phi) is 3.42. The van der Waals surface area contributed by atoms with Crippen molar-refractivity contribution in [3.8, 4) is 0 Å². The summed E-state index contributed by atoms with van der Waals surface area (Å²) >= 11 is 0. The summed E-state index contributed by atoms with van der Waals surface area (Å²) in [5.41, 5.74) is 1.95. The second-order valence-corrected chi connectivity index (χ2v) is 9.25. The standard InChI is InChI=1S/C21H30O2/c1-13(22)17-6-7-18-16-5-4-14-12-15(23)8-10-20(14,2)19(16)9-11-21(17,18)3/h12,16-19H,4-11H2,1-3H3/t16-,17+,18+,19+,20-,21+/m0/s1. The summed E-state index contributed by atoms with van der Waals surface area (Å²) in [7, 11) is 0. The molecule has 0 unspecified atom stereocenters. The van der Waals surface area contributed by atoms with Crippen LogP contribution in [0.5, 0.6) is 0 Å². The quantitative estimate of drug-likeness (QED) is 0.701. The van der Waals surface area contributed by atoms with Gasteiger partial charge in [0.15, 0.2) is 5.78 Å². The van der Waals surface area contributed by atoms with Gasteiger partial charge in [0.2, 0.25) is 0 Å². The molecular formula is C21H30O2. The van der Waals surface area contributed by atoms with E-state index in [1.165, 1.54) is 31.3 Å². The van der Waals surface area contributed by atoms with Crippen molar-refractivity contribution in [2.24, 2.45) is 34.5 Å². The van der Waals surface area contributed by atoms with Crippen LogP contribution in [0.25, 0.3) is 0 Å². The van der Waals surface area contributed by atoms with Gasteiger partial charge in [0.05, 0.1) is 0 Å². The van der Waals surface area contributed by atoms with Crippen molar-refractivity contribution < 1.29 is 9.59 Å². The van der Waals surface area contributed by atoms with Crippen LogP contribution in [-0.4, -0.2) is 11.6 Å². The lowest BCUT2D eigenvalue weighted by atomic mass is 9.47. The van der Waals surface area contributed by atoms with Crippen molar-refractivity contribution in [1.29, 1.82) is 0 Å². The van der Waals surface area contributed by atoms with E-state index in [-0.39, 0.29) is 10.8 Å². The number of rotatable bonds is 1. The van der Waals surface area contributed by atoms with E-state index in [4.69, 9.17) is 0 Å². The Morgan fingerprint density at radius 3 is 2.57 bits per heavy atom. The van der Waals surface area contributed by atoms with E-state index < -0.39 is 0 Å². The highest BCUT2D eigenvalue weighted by Gasteiger charge is 2.59. The molecule has 4 aliphatic rings. The highest BCUT2D eigenvalue weighted by molar-refractivity contribution is 5.91. The highest BCUT2D eigenvalue weighted by Crippen LogP contribution is 2.66. The summed E-state index contributed by atoms with van der Waals surface area (Å²) in [6.45, 7) is 6.65. The Hall–Kier alpha value is -0.920. The smallest absolute Gasteiger partial charge is 0.155 e. The molecule has 0 bridgehead atoms. The van der Waals surface area contributed by atoms with Gasteiger partial charge in [-0.05, 0) is 86.5 Å². The molecule has 3 saturated carbocycles. The number of hydrogen-bond acceptors (Lipinski definition) is 2. The molecule has 0 N–H and O–H groups in total. The normalized spacial score (nSPS) is 49.0. The van der Waals surface area contributed by atoms with Crippen LogP contribution >= 0.6 is 0 Å². The largest absolute Gasteiger partial charge is 0.300 e. The van der Waals surface area contributed by atoms with E-state index >= 15 is 0 Å². The molecule has 3 fully saturated rings. The third kappa shape index (κ3) is 2.06. The molecule has 2 nitrogen and oxygen atoms in total. The predicted molar refractivity (Wildman–Crippen MR) is 90.9 cm³/mol. The van der Waals surface area contributed by atoms with Crippen LogP contribution in [0.15, 0.2) is 11.6 Å². The number of carbonyl (C=O) groups excluding carboxylic acids is 2. The number of Topliss-reactive ketones (excluding diaryl/α,β-unsaturated/α-hetero) is 1. The van der Waals surface area contributed by atoms with Gasteiger partial charge in [-0.3, -0.25) is 9.59 Å². The molecule has 2 heteroatoms. The van der Waals surface area contributed by atoms with Crippen molar-refractivity contribution in [1.82, 2.24) is 0 Å². The lowest BCUT2D eigenvalue weighted by Gasteiger charge is -2.58. The van der Waals surface area contributed by atoms with Crippen molar-refractivity contribution in [2.75, 3.05) is 0 Å². The summed E-state index contributed by atoms with van der Waals surface area (Å²) < 4.78 is 0. The lowest BCUT2D eigenvalue weighted by Crippen LogP contribution is -2.51. The van der Waals surface area contributed by atoms with Gasteiger partial charge in [0.1, 0.15) is 5.78 Å². The van der Waals surface area contributed by atoms with Crippen molar-refractivity contribution in [3.05, 3.63) is 11.6 Å². The van der Waals surface area contributed by atoms with Crippen LogP contribution in [0.1, 0.15) is 72.1 Å². The first kappa shape index (κ1) is 15.6. The molecule has 0 radical (unpaired) electrons. The molecule has 4 aliphatic carbocycles. The van der Waals surface area contributed by atoms with Crippen LogP contribution in [-0.2, 0) is 9.59 Å². The highest BCUT2D eigenvalue weighted by atomic mass is 16.1. The van der Waals surface area contributed by atoms with Crippen LogP contribution in [0.3, 0.4) is 0 Å². The Morgan fingerprint density at radius 1 is 1.04 bits per heavy atom. The monoisotopic (exact) mass is 314 g/mol. The van der Waals surface area contributed by atoms with Gasteiger partial charge in [0.25, 0.3) is 0 Å². The molecule has 0 aromatic heterocycles. The second-order valence-electron chi connectivity index (χ2n) is 9.25. The van der Waals surface area contributed by atoms with Crippen LogP contribution < -0.4 is 0 Å². The van der Waals surface area contributed by atoms with E-state index in [2.05, 4.69) is 13.8 Å². The van der Waals surface area contributed by atoms with Crippen molar-refractivity contribution in [2.45, 2.75) is 72.1 Å². The summed E-state index contributed by atoms with van der Waals surface area (Å²) in [4.78, 5) is 24.0. The van der Waals surface area contributed by atoms with E-state index in [1.807, 2.05) is 6.08 Å². The fourth-order valence-electron chi connectivity index (χ4n) is 7.23. The molecule has 0 amide bonds. The maximum Gasteiger partial charge on any atom is 0.155 e. The molecule has 23 heavy (non-hydrogen) atoms. The van der Waals surface area contributed by atoms with Gasteiger partial charge in [-0.2, -0.15) is 0 Å². The van der Waals surface area contributed by atoms with Crippen LogP contribution in [0.2, 0.25) is 0 Å². The van der Waals surface area contributed by atoms with Crippen molar-refractivity contribution >= 4 is 11.6 Å². The summed E-state index contributed by atoms with van der Waals surface area (Å²) in [6.07, 6.45) is 10.9. The van der Waals surface area contributed by atoms with Gasteiger partial charge >= 0.3 is 0 Å². The molecular weight excluding hydrogens is 284 g/mol. The zero-order valence-electron chi connectivity index (χ0n) is 14.9. The maximum atomic E-state index is 12.1. The van der Waals surface area contributed by atoms with Crippen LogP contribution in [0.4, 0.5) is 0 Å². The minimum atomic E-state index is 0.245. The van der Waals surface area contributed by atoms with E-state index in [1.54, 1.807) is 6.92 Å². The summed E-state index contributed by atoms with van der Waals surface area (Å²) in [5, 5.41) is 0. The first-order valence-electron chi connectivity index (χ1n) is 9.60. The Labute approximate surface area is 140 Å². The van der Waals surface area contributed by atoms with Gasteiger partial charge in [-0.15, -0.1) is 0 Å². The predicted octanol–water partition coefficient (Wildman–Crippen LogP) is 4.72. The minimum absolute atomic E-state index is 0.245. The number of allylic oxidation sites excluding steroid dienone is 1. The zero-order chi connectivity index (χ0) is 16.4. The molecule has 4 rings (SSSR count). The zero-order valence-corrected chi connectivity index (χ0v) is 14.9. The van der Waals surface area contributed by atoms with Gasteiger partial charge < -0.3 is 0 Å². The van der Waals surface area contributed by atoms with E-state index in [0.717, 1.165) is 43.4 Å². The third-order valence-electron chi connectivity index (χ3n) is 8.45. The second kappa shape index (κ2) is 5.04. The Bertz CT molecular complexity index is 589. The Morgan fingerprint density at radius 2 is 1.83 bits per heavy atom. The number of carbonyl (C=O) groups is 2. The molecule has 0 aromatic carbocycles. The first-order valence-corrected chi connectivity index (χ1v) is 9.60. The molecule has 0 aliphatic heterocycles. The first-order chi connectivity index (χ1) is 10.9. The fourth-order valence-corrected chi connectivity index (χ4v) is 7.23. The van der Waals surface area contributed by atoms with Gasteiger partial charge in [-0.1, -0.05) is 19.4 Å². The van der Waals surface area contributed by atoms with Gasteiger partial charge in [-0.25, -0.2) is 0 Å². The molecule has 0 aromatic rings. The molecule has 6 atom stereocenters. The van der Waals surface area contributed by atoms with E-state index in [0.29, 0.717) is 17.5 Å². The SMILES string of the molecule is CC(=O)[C@H]1CC[C@@H]2[C@@H]3CCC4=CC(=O)CC[C@]4(C)[C@@H]3CC[C@]12C. The van der Waals surface area contributed by atoms with Gasteiger partial charge in [0, 0.05) is 12.3 Å². The molecule has 0 spiro atoms. The molecule has 126 valence electrons. The minimum Gasteiger partial charge on any atom is -0.300 e. The van der Waals surface area contributed by atoms with E-state index in [9.17, 15) is 9.59 Å². The molecule has 0 saturated heterocycles. The summed E-state index contributed by atoms with van der Waals surface area (Å²) in [6, 6.07) is 0. The number of ketones is 2. The fraction of sp³-hybridized carbons (Fsp3) is 0.810. The topological polar surface area (TPSA) is 34.1 Å². The summed E-state index contributed by atoms with van der Waals surface area (Å²) in [5.74, 6) is 3.29. The Balaban J connectivity index is 1.67. The maximum absolute atomic E-state index is 12.1. The van der Waals surface area contributed by atoms with Crippen LogP contribution in [0, 0.1) is 34.5 Å². The number of hydrogen-bond donors (Lipinski definition) is 0. The average molecular weight is 314 g/mol. The molecule has 0 heterocycles. The lowest BCUT2D eigenvalue weighted by molar-refractivity contribution is -0.128. The number of fused-ring (bicyclic) bond motifs is 5. The van der Waals surface area contributed by atoms with Crippen molar-refractivity contribution in [3.63, 3.8) is 0 Å². The average Bonchev–Trinajstić information content (AvgIpc) is 2.85. The third-order valence-corrected chi connectivity index (χ3v) is 8.45.